The highest BCUT2D eigenvalue weighted by atomic mass is 32.2. The molecule has 7 nitrogen and oxygen atoms in total. The van der Waals surface area contributed by atoms with Gasteiger partial charge in [-0.25, -0.2) is 13.9 Å². The van der Waals surface area contributed by atoms with Crippen molar-refractivity contribution in [3.63, 3.8) is 0 Å². The number of hydrogen-bond acceptors (Lipinski definition) is 5. The maximum absolute atomic E-state index is 12.9. The molecule has 1 aliphatic heterocycles. The first-order valence-electron chi connectivity index (χ1n) is 8.32. The van der Waals surface area contributed by atoms with Gasteiger partial charge in [-0.15, -0.1) is 0 Å². The van der Waals surface area contributed by atoms with Gasteiger partial charge in [0.15, 0.2) is 0 Å². The molecule has 0 atom stereocenters. The summed E-state index contributed by atoms with van der Waals surface area (Å²) in [5.74, 6) is -0.111. The molecule has 3 rings (SSSR count). The second-order valence-electron chi connectivity index (χ2n) is 6.11. The number of ether oxygens (including phenoxy) is 1. The minimum atomic E-state index is -3.61. The van der Waals surface area contributed by atoms with Crippen LogP contribution in [-0.4, -0.2) is 37.5 Å². The fourth-order valence-electron chi connectivity index (χ4n) is 2.98. The summed E-state index contributed by atoms with van der Waals surface area (Å²) in [7, 11) is -2.11. The maximum Gasteiger partial charge on any atom is 0.267 e. The summed E-state index contributed by atoms with van der Waals surface area (Å²) in [5, 5.41) is 8.52. The summed E-state index contributed by atoms with van der Waals surface area (Å²) in [6, 6.07) is 12.0. The number of carbonyl (C=O) groups is 1. The van der Waals surface area contributed by atoms with Crippen molar-refractivity contribution in [3.05, 3.63) is 65.2 Å². The molecule has 0 saturated carbocycles. The third kappa shape index (κ3) is 4.19. The van der Waals surface area contributed by atoms with Crippen LogP contribution in [0.2, 0.25) is 0 Å². The average Bonchev–Trinajstić information content (AvgIpc) is 2.71. The fraction of sp³-hybridized carbons (Fsp3) is 0.211. The average molecular weight is 388 g/mol. The second kappa shape index (κ2) is 7.91. The molecule has 0 aromatic heterocycles. The molecular weight excluding hydrogens is 368 g/mol. The highest BCUT2D eigenvalue weighted by molar-refractivity contribution is 7.89. The monoisotopic (exact) mass is 388 g/mol. The van der Waals surface area contributed by atoms with E-state index in [0.717, 1.165) is 16.7 Å². The summed E-state index contributed by atoms with van der Waals surface area (Å²) in [6.07, 6.45) is 3.39. The Morgan fingerprint density at radius 1 is 1.22 bits per heavy atom. The van der Waals surface area contributed by atoms with Crippen molar-refractivity contribution < 1.29 is 23.2 Å². The van der Waals surface area contributed by atoms with Crippen LogP contribution in [0.15, 0.2) is 53.4 Å². The van der Waals surface area contributed by atoms with Crippen molar-refractivity contribution in [1.82, 2.24) is 9.79 Å². The number of amides is 1. The Morgan fingerprint density at radius 3 is 2.78 bits per heavy atom. The van der Waals surface area contributed by atoms with Crippen molar-refractivity contribution in [2.24, 2.45) is 0 Å². The van der Waals surface area contributed by atoms with E-state index >= 15 is 0 Å². The highest BCUT2D eigenvalue weighted by Gasteiger charge is 2.28. The number of methoxy groups -OCH3 is 1. The van der Waals surface area contributed by atoms with Crippen molar-refractivity contribution in [2.75, 3.05) is 13.7 Å². The Labute approximate surface area is 157 Å². The van der Waals surface area contributed by atoms with Crippen LogP contribution in [0.25, 0.3) is 6.08 Å². The first kappa shape index (κ1) is 19.1. The first-order chi connectivity index (χ1) is 12.9. The van der Waals surface area contributed by atoms with Gasteiger partial charge in [-0.3, -0.25) is 10.0 Å². The number of sulfonamides is 1. The van der Waals surface area contributed by atoms with E-state index in [1.165, 1.54) is 29.0 Å². The molecule has 1 amide bonds. The maximum atomic E-state index is 12.9. The molecule has 0 radical (unpaired) electrons. The van der Waals surface area contributed by atoms with E-state index in [2.05, 4.69) is 0 Å². The van der Waals surface area contributed by atoms with E-state index < -0.39 is 15.9 Å². The summed E-state index contributed by atoms with van der Waals surface area (Å²) in [4.78, 5) is 11.3. The zero-order valence-electron chi connectivity index (χ0n) is 14.8. The van der Waals surface area contributed by atoms with E-state index in [0.29, 0.717) is 18.7 Å². The van der Waals surface area contributed by atoms with Crippen LogP contribution < -0.4 is 10.2 Å². The Hall–Kier alpha value is -2.68. The normalized spacial score (nSPS) is 14.7. The van der Waals surface area contributed by atoms with E-state index in [-0.39, 0.29) is 11.4 Å². The molecule has 0 spiro atoms. The predicted octanol–water partition coefficient (Wildman–Crippen LogP) is 1.96. The molecule has 8 heteroatoms. The van der Waals surface area contributed by atoms with Gasteiger partial charge < -0.3 is 4.74 Å². The van der Waals surface area contributed by atoms with Gasteiger partial charge in [0.1, 0.15) is 5.75 Å². The number of carbonyl (C=O) groups excluding carboxylic acids is 1. The summed E-state index contributed by atoms with van der Waals surface area (Å²) in [6.45, 7) is 0.660. The number of rotatable bonds is 5. The van der Waals surface area contributed by atoms with Gasteiger partial charge in [0, 0.05) is 25.2 Å². The Morgan fingerprint density at radius 2 is 2.04 bits per heavy atom. The number of hydrogen-bond donors (Lipinski definition) is 2. The minimum Gasteiger partial charge on any atom is -0.497 e. The quantitative estimate of drug-likeness (QED) is 0.464. The van der Waals surface area contributed by atoms with Gasteiger partial charge in [0.2, 0.25) is 10.0 Å². The fourth-order valence-corrected chi connectivity index (χ4v) is 4.43. The number of benzene rings is 2. The molecule has 142 valence electrons. The molecule has 27 heavy (non-hydrogen) atoms. The van der Waals surface area contributed by atoms with E-state index in [4.69, 9.17) is 9.94 Å². The van der Waals surface area contributed by atoms with E-state index in [1.807, 2.05) is 18.2 Å². The van der Waals surface area contributed by atoms with Crippen molar-refractivity contribution in [2.45, 2.75) is 17.9 Å². The number of hydroxylamine groups is 1. The SMILES string of the molecule is COc1cccc(S(=O)(=O)N2CCc3cc(/C=C/C(=O)NO)ccc3C2)c1. The lowest BCUT2D eigenvalue weighted by atomic mass is 9.98. The van der Waals surface area contributed by atoms with Crippen LogP contribution in [0, 0.1) is 0 Å². The number of nitrogens with one attached hydrogen (secondary N) is 1. The van der Waals surface area contributed by atoms with Crippen LogP contribution in [0.1, 0.15) is 16.7 Å². The number of nitrogens with zero attached hydrogens (tertiary/aromatic N) is 1. The Kier molecular flexibility index (Phi) is 5.59. The van der Waals surface area contributed by atoms with E-state index in [1.54, 1.807) is 24.3 Å². The molecule has 0 saturated heterocycles. The zero-order chi connectivity index (χ0) is 19.4. The van der Waals surface area contributed by atoms with Crippen LogP contribution in [-0.2, 0) is 27.8 Å². The minimum absolute atomic E-state index is 0.208. The van der Waals surface area contributed by atoms with Gasteiger partial charge in [0.25, 0.3) is 5.91 Å². The van der Waals surface area contributed by atoms with Gasteiger partial charge in [-0.2, -0.15) is 4.31 Å². The van der Waals surface area contributed by atoms with Gasteiger partial charge in [-0.05, 0) is 41.3 Å². The third-order valence-corrected chi connectivity index (χ3v) is 6.27. The summed E-state index contributed by atoms with van der Waals surface area (Å²) >= 11 is 0. The van der Waals surface area contributed by atoms with Gasteiger partial charge in [0.05, 0.1) is 12.0 Å². The third-order valence-electron chi connectivity index (χ3n) is 4.42. The molecule has 2 aromatic carbocycles. The zero-order valence-corrected chi connectivity index (χ0v) is 15.6. The lowest BCUT2D eigenvalue weighted by Crippen LogP contribution is -2.36. The van der Waals surface area contributed by atoms with Crippen LogP contribution >= 0.6 is 0 Å². The van der Waals surface area contributed by atoms with Crippen LogP contribution in [0.5, 0.6) is 5.75 Å². The predicted molar refractivity (Wildman–Crippen MR) is 99.7 cm³/mol. The van der Waals surface area contributed by atoms with Crippen molar-refractivity contribution >= 4 is 22.0 Å². The molecule has 0 fully saturated rings. The van der Waals surface area contributed by atoms with Crippen molar-refractivity contribution in [3.8, 4) is 5.75 Å². The van der Waals surface area contributed by atoms with E-state index in [9.17, 15) is 13.2 Å². The molecule has 0 unspecified atom stereocenters. The Balaban J connectivity index is 1.81. The molecule has 2 aromatic rings. The smallest absolute Gasteiger partial charge is 0.267 e. The lowest BCUT2D eigenvalue weighted by Gasteiger charge is -2.28. The topological polar surface area (TPSA) is 95.9 Å². The standard InChI is InChI=1S/C19H20N2O5S/c1-26-17-3-2-4-18(12-17)27(24,25)21-10-9-15-11-14(5-7-16(15)13-21)6-8-19(22)20-23/h2-8,11-12,23H,9-10,13H2,1H3,(H,20,22)/b8-6+. The molecule has 1 aliphatic rings. The molecule has 1 heterocycles. The molecular formula is C19H20N2O5S. The van der Waals surface area contributed by atoms with Crippen LogP contribution in [0.4, 0.5) is 0 Å². The molecule has 2 N–H and O–H groups in total. The number of fused-ring (bicyclic) bond motifs is 1. The summed E-state index contributed by atoms with van der Waals surface area (Å²) < 4.78 is 32.4. The van der Waals surface area contributed by atoms with Gasteiger partial charge >= 0.3 is 0 Å². The Bertz CT molecular complexity index is 985. The lowest BCUT2D eigenvalue weighted by molar-refractivity contribution is -0.124. The largest absolute Gasteiger partial charge is 0.497 e. The van der Waals surface area contributed by atoms with Gasteiger partial charge in [-0.1, -0.05) is 24.3 Å². The molecule has 0 aliphatic carbocycles. The summed E-state index contributed by atoms with van der Waals surface area (Å²) in [5.41, 5.74) is 4.31. The van der Waals surface area contributed by atoms with Crippen LogP contribution in [0.3, 0.4) is 0 Å². The highest BCUT2D eigenvalue weighted by Crippen LogP contribution is 2.27. The molecule has 0 bridgehead atoms. The first-order valence-corrected chi connectivity index (χ1v) is 9.76. The van der Waals surface area contributed by atoms with Crippen molar-refractivity contribution in [1.29, 1.82) is 0 Å². The second-order valence-corrected chi connectivity index (χ2v) is 8.04.